The first-order chi connectivity index (χ1) is 8.51. The Balaban J connectivity index is 2.88. The van der Waals surface area contributed by atoms with Crippen molar-refractivity contribution in [2.45, 2.75) is 19.4 Å². The summed E-state index contributed by atoms with van der Waals surface area (Å²) >= 11 is 0. The second-order valence-corrected chi connectivity index (χ2v) is 4.12. The molecule has 100 valence electrons. The minimum absolute atomic E-state index is 0.127. The molecule has 4 nitrogen and oxygen atoms in total. The van der Waals surface area contributed by atoms with E-state index in [1.165, 1.54) is 19.2 Å². The highest BCUT2D eigenvalue weighted by molar-refractivity contribution is 5.84. The van der Waals surface area contributed by atoms with Crippen LogP contribution in [-0.4, -0.2) is 31.8 Å². The molecule has 1 rings (SSSR count). The van der Waals surface area contributed by atoms with Gasteiger partial charge in [-0.1, -0.05) is 6.07 Å². The number of esters is 1. The van der Waals surface area contributed by atoms with Gasteiger partial charge in [-0.15, -0.1) is 0 Å². The molecule has 1 unspecified atom stereocenters. The fraction of sp³-hybridized carbons (Fsp3) is 0.462. The molecule has 0 amide bonds. The van der Waals surface area contributed by atoms with E-state index in [4.69, 9.17) is 9.47 Å². The Labute approximate surface area is 106 Å². The van der Waals surface area contributed by atoms with Crippen molar-refractivity contribution in [3.8, 4) is 0 Å². The third-order valence-electron chi connectivity index (χ3n) is 2.40. The molecule has 0 heterocycles. The van der Waals surface area contributed by atoms with E-state index in [0.29, 0.717) is 5.69 Å². The van der Waals surface area contributed by atoms with Crippen molar-refractivity contribution >= 4 is 11.7 Å². The van der Waals surface area contributed by atoms with E-state index in [0.717, 1.165) is 0 Å². The second-order valence-electron chi connectivity index (χ2n) is 4.12. The average Bonchev–Trinajstić information content (AvgIpc) is 2.29. The molecule has 1 aromatic rings. The quantitative estimate of drug-likeness (QED) is 0.792. The van der Waals surface area contributed by atoms with Crippen molar-refractivity contribution in [3.05, 3.63) is 30.1 Å². The van der Waals surface area contributed by atoms with Crippen LogP contribution in [0.2, 0.25) is 0 Å². The highest BCUT2D eigenvalue weighted by Crippen LogP contribution is 2.18. The zero-order chi connectivity index (χ0) is 13.6. The van der Waals surface area contributed by atoms with Crippen molar-refractivity contribution in [2.75, 3.05) is 25.6 Å². The number of hydrogen-bond donors (Lipinski definition) is 1. The van der Waals surface area contributed by atoms with Gasteiger partial charge in [0, 0.05) is 12.8 Å². The first kappa shape index (κ1) is 14.4. The molecule has 0 bridgehead atoms. The van der Waals surface area contributed by atoms with Crippen LogP contribution in [0.3, 0.4) is 0 Å². The Kier molecular flexibility index (Phi) is 5.09. The van der Waals surface area contributed by atoms with Crippen LogP contribution in [0.4, 0.5) is 10.1 Å². The molecule has 1 atom stereocenters. The van der Waals surface area contributed by atoms with Gasteiger partial charge in [-0.3, -0.25) is 0 Å². The number of ether oxygens (including phenoxy) is 2. The molecule has 0 radical (unpaired) electrons. The van der Waals surface area contributed by atoms with E-state index in [1.54, 1.807) is 26.0 Å². The Bertz CT molecular complexity index is 411. The zero-order valence-electron chi connectivity index (χ0n) is 10.8. The summed E-state index contributed by atoms with van der Waals surface area (Å²) in [6, 6.07) is 5.89. The Morgan fingerprint density at radius 2 is 2.22 bits per heavy atom. The van der Waals surface area contributed by atoms with Gasteiger partial charge >= 0.3 is 5.97 Å². The molecule has 0 aliphatic carbocycles. The van der Waals surface area contributed by atoms with Crippen molar-refractivity contribution in [3.63, 3.8) is 0 Å². The van der Waals surface area contributed by atoms with Crippen LogP contribution in [0.15, 0.2) is 24.3 Å². The number of rotatable bonds is 6. The number of carbonyl (C=O) groups is 1. The number of nitrogens with one attached hydrogen (secondary N) is 1. The Morgan fingerprint density at radius 1 is 1.50 bits per heavy atom. The van der Waals surface area contributed by atoms with E-state index in [9.17, 15) is 9.18 Å². The smallest absolute Gasteiger partial charge is 0.333 e. The van der Waals surface area contributed by atoms with Gasteiger partial charge in [-0.05, 0) is 32.0 Å². The lowest BCUT2D eigenvalue weighted by Gasteiger charge is -2.28. The molecular formula is C13H18FNO3. The van der Waals surface area contributed by atoms with Crippen molar-refractivity contribution in [1.29, 1.82) is 0 Å². The van der Waals surface area contributed by atoms with Crippen LogP contribution in [0.1, 0.15) is 13.8 Å². The van der Waals surface area contributed by atoms with Crippen LogP contribution < -0.4 is 5.32 Å². The first-order valence-electron chi connectivity index (χ1n) is 5.71. The maximum atomic E-state index is 13.1. The van der Waals surface area contributed by atoms with E-state index in [-0.39, 0.29) is 19.0 Å². The summed E-state index contributed by atoms with van der Waals surface area (Å²) in [6.45, 7) is 3.79. The number of carbonyl (C=O) groups excluding carboxylic acids is 1. The highest BCUT2D eigenvalue weighted by atomic mass is 19.1. The Hall–Kier alpha value is -1.62. The average molecular weight is 255 g/mol. The standard InChI is InChI=1S/C13H18FNO3/c1-4-18-12(16)13(2,9-17-3)15-11-7-5-6-10(14)8-11/h5-8,15H,4,9H2,1-3H3. The number of hydrogen-bond acceptors (Lipinski definition) is 4. The Morgan fingerprint density at radius 3 is 2.78 bits per heavy atom. The minimum atomic E-state index is -1.04. The van der Waals surface area contributed by atoms with Crippen LogP contribution in [0.25, 0.3) is 0 Å². The van der Waals surface area contributed by atoms with Gasteiger partial charge in [0.1, 0.15) is 5.82 Å². The van der Waals surface area contributed by atoms with Crippen LogP contribution >= 0.6 is 0 Å². The normalized spacial score (nSPS) is 13.8. The predicted octanol–water partition coefficient (Wildman–Crippen LogP) is 2.21. The van der Waals surface area contributed by atoms with Gasteiger partial charge in [0.2, 0.25) is 0 Å². The zero-order valence-corrected chi connectivity index (χ0v) is 10.8. The summed E-state index contributed by atoms with van der Waals surface area (Å²) in [7, 11) is 1.49. The van der Waals surface area contributed by atoms with Crippen molar-refractivity contribution in [2.24, 2.45) is 0 Å². The lowest BCUT2D eigenvalue weighted by Crippen LogP contribution is -2.48. The summed E-state index contributed by atoms with van der Waals surface area (Å²) in [6.07, 6.45) is 0. The highest BCUT2D eigenvalue weighted by Gasteiger charge is 2.35. The number of halogens is 1. The molecule has 1 N–H and O–H groups in total. The van der Waals surface area contributed by atoms with E-state index >= 15 is 0 Å². The summed E-state index contributed by atoms with van der Waals surface area (Å²) in [5.74, 6) is -0.806. The second kappa shape index (κ2) is 6.35. The summed E-state index contributed by atoms with van der Waals surface area (Å²) in [5, 5.41) is 2.94. The molecule has 1 aromatic carbocycles. The lowest BCUT2D eigenvalue weighted by molar-refractivity contribution is -0.149. The van der Waals surface area contributed by atoms with Gasteiger partial charge in [-0.25, -0.2) is 9.18 Å². The van der Waals surface area contributed by atoms with Crippen LogP contribution in [-0.2, 0) is 14.3 Å². The van der Waals surface area contributed by atoms with Crippen molar-refractivity contribution in [1.82, 2.24) is 0 Å². The third kappa shape index (κ3) is 3.70. The van der Waals surface area contributed by atoms with Gasteiger partial charge in [-0.2, -0.15) is 0 Å². The minimum Gasteiger partial charge on any atom is -0.464 e. The predicted molar refractivity (Wildman–Crippen MR) is 66.9 cm³/mol. The van der Waals surface area contributed by atoms with Gasteiger partial charge in [0.15, 0.2) is 5.54 Å². The molecule has 0 aliphatic rings. The largest absolute Gasteiger partial charge is 0.464 e. The molecule has 0 spiro atoms. The fourth-order valence-electron chi connectivity index (χ4n) is 1.61. The number of anilines is 1. The van der Waals surface area contributed by atoms with Gasteiger partial charge < -0.3 is 14.8 Å². The van der Waals surface area contributed by atoms with E-state index < -0.39 is 11.5 Å². The fourth-order valence-corrected chi connectivity index (χ4v) is 1.61. The first-order valence-corrected chi connectivity index (χ1v) is 5.71. The molecule has 0 saturated carbocycles. The number of methoxy groups -OCH3 is 1. The van der Waals surface area contributed by atoms with E-state index in [1.807, 2.05) is 0 Å². The van der Waals surface area contributed by atoms with Crippen molar-refractivity contribution < 1.29 is 18.7 Å². The molecular weight excluding hydrogens is 237 g/mol. The van der Waals surface area contributed by atoms with E-state index in [2.05, 4.69) is 5.32 Å². The third-order valence-corrected chi connectivity index (χ3v) is 2.40. The maximum absolute atomic E-state index is 13.1. The van der Waals surface area contributed by atoms with Gasteiger partial charge in [0.05, 0.1) is 13.2 Å². The number of benzene rings is 1. The molecule has 0 fully saturated rings. The molecule has 18 heavy (non-hydrogen) atoms. The monoisotopic (exact) mass is 255 g/mol. The van der Waals surface area contributed by atoms with Crippen LogP contribution in [0, 0.1) is 5.82 Å². The lowest BCUT2D eigenvalue weighted by atomic mass is 10.0. The molecule has 0 aromatic heterocycles. The molecule has 5 heteroatoms. The SMILES string of the molecule is CCOC(=O)C(C)(COC)Nc1cccc(F)c1. The van der Waals surface area contributed by atoms with Crippen LogP contribution in [0.5, 0.6) is 0 Å². The molecule has 0 saturated heterocycles. The van der Waals surface area contributed by atoms with Gasteiger partial charge in [0.25, 0.3) is 0 Å². The summed E-state index contributed by atoms with van der Waals surface area (Å²) < 4.78 is 23.1. The summed E-state index contributed by atoms with van der Waals surface area (Å²) in [5.41, 5.74) is -0.541. The topological polar surface area (TPSA) is 47.6 Å². The summed E-state index contributed by atoms with van der Waals surface area (Å²) in [4.78, 5) is 11.9. The maximum Gasteiger partial charge on any atom is 0.333 e. The molecule has 0 aliphatic heterocycles.